The number of aryl methyl sites for hydroxylation is 1. The molecule has 3 nitrogen and oxygen atoms in total. The number of rotatable bonds is 3. The lowest BCUT2D eigenvalue weighted by Gasteiger charge is -2.13. The van der Waals surface area contributed by atoms with E-state index in [9.17, 15) is 5.11 Å². The molecule has 1 unspecified atom stereocenters. The molecule has 3 N–H and O–H groups in total. The number of nitrogens with zero attached hydrogens (tertiary/aromatic N) is 1. The van der Waals surface area contributed by atoms with Gasteiger partial charge in [-0.2, -0.15) is 0 Å². The third-order valence-electron chi connectivity index (χ3n) is 1.96. The predicted molar refractivity (Wildman–Crippen MR) is 53.2 cm³/mol. The summed E-state index contributed by atoms with van der Waals surface area (Å²) >= 11 is 0. The summed E-state index contributed by atoms with van der Waals surface area (Å²) in [6, 6.07) is 1.83. The number of aliphatic hydroxyl groups is 1. The molecular formula is C10H14N2O. The first-order chi connectivity index (χ1) is 6.16. The zero-order valence-corrected chi connectivity index (χ0v) is 7.70. The van der Waals surface area contributed by atoms with E-state index in [1.807, 2.05) is 13.0 Å². The molecule has 1 heterocycles. The molecule has 1 rings (SSSR count). The summed E-state index contributed by atoms with van der Waals surface area (Å²) in [5.74, 6) is 0.398. The number of anilines is 1. The van der Waals surface area contributed by atoms with Gasteiger partial charge in [0, 0.05) is 11.8 Å². The molecule has 0 saturated carbocycles. The Morgan fingerprint density at radius 3 is 3.00 bits per heavy atom. The van der Waals surface area contributed by atoms with Crippen molar-refractivity contribution in [2.45, 2.75) is 19.4 Å². The van der Waals surface area contributed by atoms with Crippen molar-refractivity contribution in [2.75, 3.05) is 5.73 Å². The maximum atomic E-state index is 9.69. The van der Waals surface area contributed by atoms with Crippen molar-refractivity contribution in [3.05, 3.63) is 36.0 Å². The second-order valence-electron chi connectivity index (χ2n) is 2.97. The third-order valence-corrected chi connectivity index (χ3v) is 1.96. The number of hydrogen-bond donors (Lipinski definition) is 2. The van der Waals surface area contributed by atoms with Crippen LogP contribution < -0.4 is 5.73 Å². The van der Waals surface area contributed by atoms with Gasteiger partial charge in [-0.05, 0) is 25.0 Å². The summed E-state index contributed by atoms with van der Waals surface area (Å²) in [7, 11) is 0. The molecule has 1 atom stereocenters. The molecule has 0 aliphatic heterocycles. The van der Waals surface area contributed by atoms with Crippen LogP contribution in [0.25, 0.3) is 0 Å². The Balaban J connectivity index is 3.04. The fourth-order valence-corrected chi connectivity index (χ4v) is 1.30. The van der Waals surface area contributed by atoms with Crippen LogP contribution in [0.5, 0.6) is 0 Å². The Bertz CT molecular complexity index is 290. The average molecular weight is 178 g/mol. The molecule has 0 fully saturated rings. The molecular weight excluding hydrogens is 164 g/mol. The minimum absolute atomic E-state index is 0.398. The van der Waals surface area contributed by atoms with Crippen molar-refractivity contribution < 1.29 is 5.11 Å². The molecule has 1 aromatic heterocycles. The fourth-order valence-electron chi connectivity index (χ4n) is 1.30. The molecule has 0 aliphatic carbocycles. The normalized spacial score (nSPS) is 12.5. The molecule has 13 heavy (non-hydrogen) atoms. The number of nitrogen functional groups attached to an aromatic ring is 1. The van der Waals surface area contributed by atoms with Gasteiger partial charge in [-0.3, -0.25) is 0 Å². The zero-order valence-electron chi connectivity index (χ0n) is 7.70. The first kappa shape index (κ1) is 9.74. The van der Waals surface area contributed by atoms with Crippen LogP contribution in [0.4, 0.5) is 5.82 Å². The van der Waals surface area contributed by atoms with Gasteiger partial charge in [0.05, 0.1) is 6.10 Å². The van der Waals surface area contributed by atoms with Gasteiger partial charge in [-0.1, -0.05) is 6.08 Å². The van der Waals surface area contributed by atoms with Crippen LogP contribution in [0.1, 0.15) is 23.7 Å². The van der Waals surface area contributed by atoms with Gasteiger partial charge >= 0.3 is 0 Å². The summed E-state index contributed by atoms with van der Waals surface area (Å²) in [6.45, 7) is 5.47. The molecule has 0 aromatic carbocycles. The first-order valence-electron chi connectivity index (χ1n) is 4.16. The highest BCUT2D eigenvalue weighted by Crippen LogP contribution is 2.24. The van der Waals surface area contributed by atoms with Gasteiger partial charge in [0.1, 0.15) is 5.82 Å². The van der Waals surface area contributed by atoms with Gasteiger partial charge in [0.15, 0.2) is 0 Å². The van der Waals surface area contributed by atoms with Crippen molar-refractivity contribution in [3.8, 4) is 0 Å². The number of aromatic nitrogens is 1. The predicted octanol–water partition coefficient (Wildman–Crippen LogP) is 1.58. The van der Waals surface area contributed by atoms with Crippen LogP contribution in [0.2, 0.25) is 0 Å². The van der Waals surface area contributed by atoms with E-state index in [1.165, 1.54) is 0 Å². The van der Waals surface area contributed by atoms with E-state index < -0.39 is 6.10 Å². The van der Waals surface area contributed by atoms with Crippen LogP contribution >= 0.6 is 0 Å². The Hall–Kier alpha value is -1.35. The van der Waals surface area contributed by atoms with E-state index in [2.05, 4.69) is 11.6 Å². The number of aliphatic hydroxyl groups excluding tert-OH is 1. The molecule has 70 valence electrons. The molecule has 0 amide bonds. The Kier molecular flexibility index (Phi) is 3.03. The largest absolute Gasteiger partial charge is 0.388 e. The smallest absolute Gasteiger partial charge is 0.129 e. The van der Waals surface area contributed by atoms with Gasteiger partial charge < -0.3 is 10.8 Å². The Morgan fingerprint density at radius 1 is 1.77 bits per heavy atom. The molecule has 1 aromatic rings. The van der Waals surface area contributed by atoms with Crippen molar-refractivity contribution in [3.63, 3.8) is 0 Å². The van der Waals surface area contributed by atoms with Crippen molar-refractivity contribution in [1.82, 2.24) is 4.98 Å². The van der Waals surface area contributed by atoms with Gasteiger partial charge in [0.2, 0.25) is 0 Å². The summed E-state index contributed by atoms with van der Waals surface area (Å²) < 4.78 is 0. The first-order valence-corrected chi connectivity index (χ1v) is 4.16. The van der Waals surface area contributed by atoms with E-state index >= 15 is 0 Å². The highest BCUT2D eigenvalue weighted by Gasteiger charge is 2.12. The number of pyridine rings is 1. The molecule has 0 aliphatic rings. The summed E-state index contributed by atoms with van der Waals surface area (Å²) in [5, 5.41) is 9.69. The van der Waals surface area contributed by atoms with E-state index in [0.717, 1.165) is 5.56 Å². The van der Waals surface area contributed by atoms with Gasteiger partial charge in [-0.15, -0.1) is 6.58 Å². The maximum Gasteiger partial charge on any atom is 0.129 e. The quantitative estimate of drug-likeness (QED) is 0.691. The monoisotopic (exact) mass is 178 g/mol. The Labute approximate surface area is 77.9 Å². The number of nitrogens with two attached hydrogens (primary N) is 1. The summed E-state index contributed by atoms with van der Waals surface area (Å²) in [5.41, 5.74) is 7.32. The lowest BCUT2D eigenvalue weighted by atomic mass is 10.0. The zero-order chi connectivity index (χ0) is 9.84. The lowest BCUT2D eigenvalue weighted by Crippen LogP contribution is -2.05. The number of hydrogen-bond acceptors (Lipinski definition) is 3. The minimum atomic E-state index is -0.591. The van der Waals surface area contributed by atoms with Crippen molar-refractivity contribution in [1.29, 1.82) is 0 Å². The highest BCUT2D eigenvalue weighted by atomic mass is 16.3. The maximum absolute atomic E-state index is 9.69. The molecule has 3 heteroatoms. The lowest BCUT2D eigenvalue weighted by molar-refractivity contribution is 0.181. The van der Waals surface area contributed by atoms with Crippen LogP contribution in [-0.4, -0.2) is 10.1 Å². The molecule has 0 bridgehead atoms. The Morgan fingerprint density at radius 2 is 2.46 bits per heavy atom. The van der Waals surface area contributed by atoms with Crippen LogP contribution in [0, 0.1) is 6.92 Å². The van der Waals surface area contributed by atoms with E-state index in [-0.39, 0.29) is 0 Å². The van der Waals surface area contributed by atoms with E-state index in [1.54, 1.807) is 12.3 Å². The SMILES string of the molecule is C=CCC(O)c1c(C)ccnc1N. The van der Waals surface area contributed by atoms with Gasteiger partial charge in [-0.25, -0.2) is 4.98 Å². The van der Waals surface area contributed by atoms with E-state index in [0.29, 0.717) is 17.8 Å². The highest BCUT2D eigenvalue weighted by molar-refractivity contribution is 5.45. The second kappa shape index (κ2) is 4.05. The molecule has 0 radical (unpaired) electrons. The molecule has 0 spiro atoms. The van der Waals surface area contributed by atoms with Crippen LogP contribution in [0.15, 0.2) is 24.9 Å². The standard InChI is InChI=1S/C10H14N2O/c1-3-4-8(13)9-7(2)5-6-12-10(9)11/h3,5-6,8,13H,1,4H2,2H3,(H2,11,12). The van der Waals surface area contributed by atoms with Crippen LogP contribution in [-0.2, 0) is 0 Å². The van der Waals surface area contributed by atoms with Gasteiger partial charge in [0.25, 0.3) is 0 Å². The van der Waals surface area contributed by atoms with Crippen LogP contribution in [0.3, 0.4) is 0 Å². The summed E-state index contributed by atoms with van der Waals surface area (Å²) in [4.78, 5) is 3.93. The average Bonchev–Trinajstić information content (AvgIpc) is 2.04. The third kappa shape index (κ3) is 2.06. The van der Waals surface area contributed by atoms with Crippen molar-refractivity contribution in [2.24, 2.45) is 0 Å². The fraction of sp³-hybridized carbons (Fsp3) is 0.300. The van der Waals surface area contributed by atoms with E-state index in [4.69, 9.17) is 5.73 Å². The second-order valence-corrected chi connectivity index (χ2v) is 2.97. The molecule has 0 saturated heterocycles. The topological polar surface area (TPSA) is 59.1 Å². The summed E-state index contributed by atoms with van der Waals surface area (Å²) in [6.07, 6.45) is 3.20. The minimum Gasteiger partial charge on any atom is -0.388 e. The van der Waals surface area contributed by atoms with Crippen molar-refractivity contribution >= 4 is 5.82 Å².